The van der Waals surface area contributed by atoms with E-state index in [9.17, 15) is 18.0 Å². The van der Waals surface area contributed by atoms with Crippen molar-refractivity contribution in [2.45, 2.75) is 37.1 Å². The number of amides is 2. The molecule has 0 aliphatic carbocycles. The van der Waals surface area contributed by atoms with Gasteiger partial charge in [0.25, 0.3) is 0 Å². The van der Waals surface area contributed by atoms with Gasteiger partial charge in [0.2, 0.25) is 21.8 Å². The van der Waals surface area contributed by atoms with Crippen LogP contribution in [0.5, 0.6) is 0 Å². The van der Waals surface area contributed by atoms with Crippen molar-refractivity contribution in [3.63, 3.8) is 0 Å². The number of benzene rings is 2. The number of sulfonamides is 1. The lowest BCUT2D eigenvalue weighted by Crippen LogP contribution is -2.48. The van der Waals surface area contributed by atoms with Gasteiger partial charge < -0.3 is 10.2 Å². The zero-order chi connectivity index (χ0) is 22.9. The molecule has 0 saturated carbocycles. The lowest BCUT2D eigenvalue weighted by Gasteiger charge is -2.28. The normalized spacial score (nSPS) is 12.4. The standard InChI is InChI=1S/C23H31N3O4S/c1-19(23(28)24-2)26(18-16-20-11-6-4-7-12-20)22(27)15-10-17-25(3)31(29,30)21-13-8-5-9-14-21/h4-9,11-14,19H,10,15-18H2,1-3H3,(H,24,28)/t19-/m1/s1. The first kappa shape index (κ1) is 24.6. The van der Waals surface area contributed by atoms with E-state index in [1.54, 1.807) is 49.2 Å². The van der Waals surface area contributed by atoms with Crippen molar-refractivity contribution < 1.29 is 18.0 Å². The van der Waals surface area contributed by atoms with E-state index < -0.39 is 16.1 Å². The van der Waals surface area contributed by atoms with Crippen LogP contribution in [0.15, 0.2) is 65.6 Å². The van der Waals surface area contributed by atoms with Crippen molar-refractivity contribution in [2.75, 3.05) is 27.2 Å². The van der Waals surface area contributed by atoms with Crippen LogP contribution in [0, 0.1) is 0 Å². The molecule has 2 rings (SSSR count). The molecule has 7 nitrogen and oxygen atoms in total. The number of carbonyl (C=O) groups is 2. The molecule has 0 radical (unpaired) electrons. The summed E-state index contributed by atoms with van der Waals surface area (Å²) >= 11 is 0. The second kappa shape index (κ2) is 11.6. The minimum absolute atomic E-state index is 0.158. The van der Waals surface area contributed by atoms with Crippen molar-refractivity contribution >= 4 is 21.8 Å². The minimum atomic E-state index is -3.59. The molecule has 0 saturated heterocycles. The van der Waals surface area contributed by atoms with Crippen LogP contribution < -0.4 is 5.32 Å². The maximum absolute atomic E-state index is 12.9. The van der Waals surface area contributed by atoms with Crippen LogP contribution >= 0.6 is 0 Å². The first-order chi connectivity index (χ1) is 14.8. The van der Waals surface area contributed by atoms with Crippen molar-refractivity contribution in [1.82, 2.24) is 14.5 Å². The fourth-order valence-corrected chi connectivity index (χ4v) is 4.50. The maximum atomic E-state index is 12.9. The smallest absolute Gasteiger partial charge is 0.242 e. The van der Waals surface area contributed by atoms with E-state index in [4.69, 9.17) is 0 Å². The van der Waals surface area contributed by atoms with Crippen LogP contribution in [0.2, 0.25) is 0 Å². The van der Waals surface area contributed by atoms with Gasteiger partial charge in [-0.25, -0.2) is 12.7 Å². The average molecular weight is 446 g/mol. The molecule has 2 amide bonds. The summed E-state index contributed by atoms with van der Waals surface area (Å²) < 4.78 is 26.5. The van der Waals surface area contributed by atoms with Crippen LogP contribution in [0.3, 0.4) is 0 Å². The summed E-state index contributed by atoms with van der Waals surface area (Å²) in [6.45, 7) is 2.33. The highest BCUT2D eigenvalue weighted by Gasteiger charge is 2.25. The molecule has 0 heterocycles. The Bertz CT molecular complexity index is 949. The first-order valence-corrected chi connectivity index (χ1v) is 11.8. The van der Waals surface area contributed by atoms with Crippen LogP contribution in [0.1, 0.15) is 25.3 Å². The van der Waals surface area contributed by atoms with E-state index in [1.165, 1.54) is 11.4 Å². The molecule has 0 bridgehead atoms. The Labute approximate surface area is 185 Å². The minimum Gasteiger partial charge on any atom is -0.357 e. The molecule has 0 aliphatic rings. The fraction of sp³-hybridized carbons (Fsp3) is 0.391. The summed E-state index contributed by atoms with van der Waals surface area (Å²) in [5, 5.41) is 2.59. The van der Waals surface area contributed by atoms with Gasteiger partial charge in [0.1, 0.15) is 6.04 Å². The Kier molecular flexibility index (Phi) is 9.21. The predicted molar refractivity (Wildman–Crippen MR) is 121 cm³/mol. The molecular formula is C23H31N3O4S. The highest BCUT2D eigenvalue weighted by Crippen LogP contribution is 2.15. The SMILES string of the molecule is CNC(=O)[C@@H](C)N(CCc1ccccc1)C(=O)CCCN(C)S(=O)(=O)c1ccccc1. The second-order valence-electron chi connectivity index (χ2n) is 7.36. The zero-order valence-electron chi connectivity index (χ0n) is 18.3. The van der Waals surface area contributed by atoms with Crippen molar-refractivity contribution in [2.24, 2.45) is 0 Å². The van der Waals surface area contributed by atoms with Gasteiger partial charge in [0.15, 0.2) is 0 Å². The molecule has 0 aromatic heterocycles. The highest BCUT2D eigenvalue weighted by molar-refractivity contribution is 7.89. The number of rotatable bonds is 11. The van der Waals surface area contributed by atoms with Gasteiger partial charge in [0.05, 0.1) is 4.90 Å². The Morgan fingerprint density at radius 2 is 1.55 bits per heavy atom. The summed E-state index contributed by atoms with van der Waals surface area (Å²) in [5.74, 6) is -0.400. The van der Waals surface area contributed by atoms with E-state index in [0.29, 0.717) is 19.4 Å². The number of carbonyl (C=O) groups excluding carboxylic acids is 2. The zero-order valence-corrected chi connectivity index (χ0v) is 19.1. The summed E-state index contributed by atoms with van der Waals surface area (Å²) in [6, 6.07) is 17.4. The van der Waals surface area contributed by atoms with Gasteiger partial charge in [-0.2, -0.15) is 0 Å². The number of nitrogens with one attached hydrogen (secondary N) is 1. The summed E-state index contributed by atoms with van der Waals surface area (Å²) in [7, 11) is -0.542. The molecule has 168 valence electrons. The van der Waals surface area contributed by atoms with Crippen LogP contribution in [-0.2, 0) is 26.0 Å². The molecule has 2 aromatic rings. The number of hydrogen-bond acceptors (Lipinski definition) is 4. The highest BCUT2D eigenvalue weighted by atomic mass is 32.2. The molecule has 0 fully saturated rings. The lowest BCUT2D eigenvalue weighted by molar-refractivity contribution is -0.139. The van der Waals surface area contributed by atoms with Crippen molar-refractivity contribution in [3.05, 3.63) is 66.2 Å². The molecule has 0 unspecified atom stereocenters. The van der Waals surface area contributed by atoms with Crippen LogP contribution in [-0.4, -0.2) is 62.7 Å². The van der Waals surface area contributed by atoms with Gasteiger partial charge >= 0.3 is 0 Å². The van der Waals surface area contributed by atoms with E-state index in [-0.39, 0.29) is 29.7 Å². The average Bonchev–Trinajstić information content (AvgIpc) is 2.79. The summed E-state index contributed by atoms with van der Waals surface area (Å²) in [6.07, 6.45) is 1.16. The Balaban J connectivity index is 1.98. The van der Waals surface area contributed by atoms with Crippen molar-refractivity contribution in [3.8, 4) is 0 Å². The third kappa shape index (κ3) is 6.90. The number of hydrogen-bond donors (Lipinski definition) is 1. The summed E-state index contributed by atoms with van der Waals surface area (Å²) in [4.78, 5) is 26.8. The number of nitrogens with zero attached hydrogens (tertiary/aromatic N) is 2. The van der Waals surface area contributed by atoms with Crippen LogP contribution in [0.25, 0.3) is 0 Å². The third-order valence-corrected chi connectivity index (χ3v) is 7.08. The third-order valence-electron chi connectivity index (χ3n) is 5.21. The second-order valence-corrected chi connectivity index (χ2v) is 9.40. The van der Waals surface area contributed by atoms with Gasteiger partial charge in [-0.05, 0) is 37.5 Å². The topological polar surface area (TPSA) is 86.8 Å². The predicted octanol–water partition coefficient (Wildman–Crippen LogP) is 2.29. The lowest BCUT2D eigenvalue weighted by atomic mass is 10.1. The summed E-state index contributed by atoms with van der Waals surface area (Å²) in [5.41, 5.74) is 1.08. The van der Waals surface area contributed by atoms with E-state index >= 15 is 0 Å². The van der Waals surface area contributed by atoms with Crippen LogP contribution in [0.4, 0.5) is 0 Å². The maximum Gasteiger partial charge on any atom is 0.242 e. The van der Waals surface area contributed by atoms with Gasteiger partial charge in [0, 0.05) is 33.6 Å². The Morgan fingerprint density at radius 3 is 2.13 bits per heavy atom. The van der Waals surface area contributed by atoms with E-state index in [1.807, 2.05) is 30.3 Å². The molecule has 1 N–H and O–H groups in total. The molecule has 8 heteroatoms. The molecule has 0 aliphatic heterocycles. The van der Waals surface area contributed by atoms with Gasteiger partial charge in [-0.15, -0.1) is 0 Å². The quantitative estimate of drug-likeness (QED) is 0.575. The van der Waals surface area contributed by atoms with Gasteiger partial charge in [-0.3, -0.25) is 9.59 Å². The number of likely N-dealkylation sites (N-methyl/N-ethyl adjacent to an activating group) is 1. The first-order valence-electron chi connectivity index (χ1n) is 10.3. The van der Waals surface area contributed by atoms with E-state index in [0.717, 1.165) is 5.56 Å². The largest absolute Gasteiger partial charge is 0.357 e. The molecular weight excluding hydrogens is 414 g/mol. The molecule has 1 atom stereocenters. The molecule has 31 heavy (non-hydrogen) atoms. The van der Waals surface area contributed by atoms with E-state index in [2.05, 4.69) is 5.32 Å². The van der Waals surface area contributed by atoms with Gasteiger partial charge in [-0.1, -0.05) is 48.5 Å². The fourth-order valence-electron chi connectivity index (χ4n) is 3.27. The molecule has 2 aromatic carbocycles. The monoisotopic (exact) mass is 445 g/mol. The van der Waals surface area contributed by atoms with Crippen molar-refractivity contribution in [1.29, 1.82) is 0 Å². The Hall–Kier alpha value is -2.71. The Morgan fingerprint density at radius 1 is 0.968 bits per heavy atom. The molecule has 0 spiro atoms.